The van der Waals surface area contributed by atoms with Gasteiger partial charge in [-0.25, -0.2) is 4.79 Å². The van der Waals surface area contributed by atoms with Gasteiger partial charge in [-0.3, -0.25) is 9.59 Å². The molecular weight excluding hydrogens is 304 g/mol. The monoisotopic (exact) mass is 322 g/mol. The zero-order valence-corrected chi connectivity index (χ0v) is 12.9. The van der Waals surface area contributed by atoms with Crippen molar-refractivity contribution in [3.05, 3.63) is 22.4 Å². The van der Waals surface area contributed by atoms with E-state index in [9.17, 15) is 14.4 Å². The average molecular weight is 322 g/mol. The lowest BCUT2D eigenvalue weighted by Gasteiger charge is -2.38. The number of carbonyl (C=O) groups excluding carboxylic acids is 2. The third kappa shape index (κ3) is 2.85. The van der Waals surface area contributed by atoms with Gasteiger partial charge in [-0.2, -0.15) is 11.3 Å². The molecule has 1 N–H and O–H groups in total. The summed E-state index contributed by atoms with van der Waals surface area (Å²) in [5, 5.41) is 13.2. The first-order valence-corrected chi connectivity index (χ1v) is 8.33. The van der Waals surface area contributed by atoms with E-state index < -0.39 is 12.0 Å². The van der Waals surface area contributed by atoms with Crippen LogP contribution in [0.15, 0.2) is 16.8 Å². The number of fused-ring (bicyclic) bond motifs is 1. The summed E-state index contributed by atoms with van der Waals surface area (Å²) < 4.78 is 0. The molecule has 1 aromatic heterocycles. The van der Waals surface area contributed by atoms with Crippen molar-refractivity contribution in [3.8, 4) is 0 Å². The lowest BCUT2D eigenvalue weighted by molar-refractivity contribution is -0.155. The van der Waals surface area contributed by atoms with Gasteiger partial charge in [0.25, 0.3) is 0 Å². The lowest BCUT2D eigenvalue weighted by Crippen LogP contribution is -2.58. The average Bonchev–Trinajstić information content (AvgIpc) is 3.13. The lowest BCUT2D eigenvalue weighted by atomic mass is 10.1. The van der Waals surface area contributed by atoms with E-state index in [2.05, 4.69) is 0 Å². The van der Waals surface area contributed by atoms with Crippen molar-refractivity contribution in [1.82, 2.24) is 9.80 Å². The first kappa shape index (κ1) is 15.0. The molecule has 118 valence electrons. The Morgan fingerprint density at radius 3 is 2.86 bits per heavy atom. The molecule has 22 heavy (non-hydrogen) atoms. The van der Waals surface area contributed by atoms with Crippen LogP contribution in [0.3, 0.4) is 0 Å². The molecule has 2 aliphatic rings. The van der Waals surface area contributed by atoms with E-state index in [1.165, 1.54) is 4.90 Å². The highest BCUT2D eigenvalue weighted by Gasteiger charge is 2.45. The van der Waals surface area contributed by atoms with Crippen LogP contribution in [0.5, 0.6) is 0 Å². The topological polar surface area (TPSA) is 77.9 Å². The number of piperazine rings is 1. The molecule has 2 fully saturated rings. The molecule has 2 unspecified atom stereocenters. The number of amides is 2. The Kier molecular flexibility index (Phi) is 4.15. The van der Waals surface area contributed by atoms with Crippen molar-refractivity contribution in [1.29, 1.82) is 0 Å². The molecular formula is C15H18N2O4S. The summed E-state index contributed by atoms with van der Waals surface area (Å²) in [6, 6.07) is 1.13. The van der Waals surface area contributed by atoms with Crippen LogP contribution in [-0.4, -0.2) is 57.9 Å². The summed E-state index contributed by atoms with van der Waals surface area (Å²) in [4.78, 5) is 38.7. The van der Waals surface area contributed by atoms with Crippen molar-refractivity contribution in [2.45, 2.75) is 37.8 Å². The molecule has 6 nitrogen and oxygen atoms in total. The predicted octanol–water partition coefficient (Wildman–Crippen LogP) is 0.967. The smallest absolute Gasteiger partial charge is 0.326 e. The number of nitrogens with zero attached hydrogens (tertiary/aromatic N) is 2. The quantitative estimate of drug-likeness (QED) is 0.896. The van der Waals surface area contributed by atoms with E-state index in [0.29, 0.717) is 32.2 Å². The molecule has 2 atom stereocenters. The number of carboxylic acid groups (broad SMARTS) is 1. The zero-order chi connectivity index (χ0) is 15.7. The van der Waals surface area contributed by atoms with Crippen molar-refractivity contribution < 1.29 is 19.5 Å². The normalized spacial score (nSPS) is 24.5. The summed E-state index contributed by atoms with van der Waals surface area (Å²) in [6.07, 6.45) is 2.19. The van der Waals surface area contributed by atoms with E-state index in [0.717, 1.165) is 5.56 Å². The maximum atomic E-state index is 12.3. The Labute approximate surface area is 132 Å². The molecule has 3 heterocycles. The molecule has 0 radical (unpaired) electrons. The number of carboxylic acids is 1. The highest BCUT2D eigenvalue weighted by Crippen LogP contribution is 2.28. The second-order valence-corrected chi connectivity index (χ2v) is 6.57. The molecule has 2 amide bonds. The fraction of sp³-hybridized carbons (Fsp3) is 0.533. The van der Waals surface area contributed by atoms with Crippen LogP contribution in [0.4, 0.5) is 0 Å². The van der Waals surface area contributed by atoms with Crippen molar-refractivity contribution in [3.63, 3.8) is 0 Å². The second-order valence-electron chi connectivity index (χ2n) is 5.79. The Morgan fingerprint density at radius 1 is 1.36 bits per heavy atom. The summed E-state index contributed by atoms with van der Waals surface area (Å²) in [6.45, 7) is 0.459. The third-order valence-corrected chi connectivity index (χ3v) is 5.13. The highest BCUT2D eigenvalue weighted by atomic mass is 32.1. The molecule has 3 rings (SSSR count). The van der Waals surface area contributed by atoms with Gasteiger partial charge in [0.15, 0.2) is 0 Å². The fourth-order valence-corrected chi connectivity index (χ4v) is 3.98. The largest absolute Gasteiger partial charge is 0.480 e. The molecule has 2 aliphatic heterocycles. The van der Waals surface area contributed by atoms with E-state index in [1.807, 2.05) is 16.8 Å². The van der Waals surface area contributed by atoms with Gasteiger partial charge >= 0.3 is 5.97 Å². The molecule has 2 saturated heterocycles. The van der Waals surface area contributed by atoms with Crippen molar-refractivity contribution >= 4 is 29.1 Å². The van der Waals surface area contributed by atoms with Crippen LogP contribution in [0.2, 0.25) is 0 Å². The van der Waals surface area contributed by atoms with Gasteiger partial charge in [-0.15, -0.1) is 0 Å². The van der Waals surface area contributed by atoms with Gasteiger partial charge in [0.05, 0.1) is 12.6 Å². The van der Waals surface area contributed by atoms with Crippen LogP contribution in [-0.2, 0) is 20.8 Å². The summed E-state index contributed by atoms with van der Waals surface area (Å²) in [5.74, 6) is -1.23. The number of hydrogen-bond donors (Lipinski definition) is 1. The Hall–Kier alpha value is -1.89. The SMILES string of the molecule is O=C(O)C1CCC2CN(C(=O)CCc3ccsc3)CC(=O)N21. The summed E-state index contributed by atoms with van der Waals surface area (Å²) >= 11 is 1.60. The zero-order valence-electron chi connectivity index (χ0n) is 12.1. The van der Waals surface area contributed by atoms with Gasteiger partial charge in [-0.1, -0.05) is 0 Å². The highest BCUT2D eigenvalue weighted by molar-refractivity contribution is 7.07. The van der Waals surface area contributed by atoms with E-state index in [1.54, 1.807) is 16.2 Å². The molecule has 1 aromatic rings. The molecule has 0 saturated carbocycles. The molecule has 0 spiro atoms. The van der Waals surface area contributed by atoms with E-state index in [-0.39, 0.29) is 24.4 Å². The van der Waals surface area contributed by atoms with Gasteiger partial charge in [0.2, 0.25) is 11.8 Å². The molecule has 0 aromatic carbocycles. The Morgan fingerprint density at radius 2 is 2.18 bits per heavy atom. The van der Waals surface area contributed by atoms with Crippen molar-refractivity contribution in [2.24, 2.45) is 0 Å². The minimum atomic E-state index is -0.951. The van der Waals surface area contributed by atoms with Crippen LogP contribution < -0.4 is 0 Å². The molecule has 0 bridgehead atoms. The predicted molar refractivity (Wildman–Crippen MR) is 80.5 cm³/mol. The van der Waals surface area contributed by atoms with Gasteiger partial charge in [0, 0.05) is 13.0 Å². The molecule has 7 heteroatoms. The summed E-state index contributed by atoms with van der Waals surface area (Å²) in [7, 11) is 0. The second kappa shape index (κ2) is 6.08. The van der Waals surface area contributed by atoms with Gasteiger partial charge < -0.3 is 14.9 Å². The standard InChI is InChI=1S/C15H18N2O4S/c18-13(4-1-10-5-6-22-9-10)16-7-11-2-3-12(15(20)21)17(11)14(19)8-16/h5-6,9,11-12H,1-4,7-8H2,(H,20,21). The van der Waals surface area contributed by atoms with Crippen LogP contribution >= 0.6 is 11.3 Å². The van der Waals surface area contributed by atoms with Crippen LogP contribution in [0, 0.1) is 0 Å². The summed E-state index contributed by atoms with van der Waals surface area (Å²) in [5.41, 5.74) is 1.13. The number of carbonyl (C=O) groups is 3. The minimum Gasteiger partial charge on any atom is -0.480 e. The van der Waals surface area contributed by atoms with Gasteiger partial charge in [-0.05, 0) is 41.7 Å². The van der Waals surface area contributed by atoms with Crippen LogP contribution in [0.1, 0.15) is 24.8 Å². The number of hydrogen-bond acceptors (Lipinski definition) is 4. The number of thiophene rings is 1. The minimum absolute atomic E-state index is 0.00273. The first-order valence-electron chi connectivity index (χ1n) is 7.39. The maximum absolute atomic E-state index is 12.3. The van der Waals surface area contributed by atoms with E-state index >= 15 is 0 Å². The number of aryl methyl sites for hydroxylation is 1. The van der Waals surface area contributed by atoms with Gasteiger partial charge in [0.1, 0.15) is 6.04 Å². The Balaban J connectivity index is 1.60. The number of aliphatic carboxylic acids is 1. The van der Waals surface area contributed by atoms with Crippen molar-refractivity contribution in [2.75, 3.05) is 13.1 Å². The fourth-order valence-electron chi connectivity index (χ4n) is 3.28. The number of rotatable bonds is 4. The molecule has 0 aliphatic carbocycles. The Bertz CT molecular complexity index is 586. The first-order chi connectivity index (χ1) is 10.6. The van der Waals surface area contributed by atoms with Crippen LogP contribution in [0.25, 0.3) is 0 Å². The third-order valence-electron chi connectivity index (χ3n) is 4.39. The van der Waals surface area contributed by atoms with E-state index in [4.69, 9.17) is 5.11 Å². The maximum Gasteiger partial charge on any atom is 0.326 e.